The Labute approximate surface area is 124 Å². The minimum absolute atomic E-state index is 0.662. The molecule has 3 rings (SSSR count). The van der Waals surface area contributed by atoms with Gasteiger partial charge in [0.2, 0.25) is 0 Å². The Hall–Kier alpha value is -2.38. The third-order valence-corrected chi connectivity index (χ3v) is 5.33. The fraction of sp³-hybridized carbons (Fsp3) is 0.571. The predicted octanol–water partition coefficient (Wildman–Crippen LogP) is -0.464. The van der Waals surface area contributed by atoms with E-state index in [2.05, 4.69) is 9.47 Å². The number of fused-ring (bicyclic) bond motifs is 3. The Kier molecular flexibility index (Phi) is 2.70. The first kappa shape index (κ1) is 14.6. The monoisotopic (exact) mass is 310 g/mol. The predicted molar refractivity (Wildman–Crippen MR) is 67.3 cm³/mol. The molecular weight excluding hydrogens is 296 g/mol. The van der Waals surface area contributed by atoms with Gasteiger partial charge in [-0.1, -0.05) is 12.2 Å². The van der Waals surface area contributed by atoms with Crippen molar-refractivity contribution in [3.05, 3.63) is 12.2 Å². The number of esters is 2. The fourth-order valence-electron chi connectivity index (χ4n) is 4.31. The molecular formula is C14H14O8. The smallest absolute Gasteiger partial charge is 0.324 e. The summed E-state index contributed by atoms with van der Waals surface area (Å²) in [5.41, 5.74) is -3.62. The Morgan fingerprint density at radius 3 is 1.36 bits per heavy atom. The van der Waals surface area contributed by atoms with Crippen LogP contribution in [-0.2, 0) is 28.7 Å². The van der Waals surface area contributed by atoms with Gasteiger partial charge in [-0.05, 0) is 11.8 Å². The maximum atomic E-state index is 12.0. The molecule has 2 unspecified atom stereocenters. The Bertz CT molecular complexity index is 583. The van der Waals surface area contributed by atoms with Crippen LogP contribution in [0, 0.1) is 34.5 Å². The zero-order valence-corrected chi connectivity index (χ0v) is 11.8. The zero-order chi connectivity index (χ0) is 16.4. The van der Waals surface area contributed by atoms with Gasteiger partial charge in [0.25, 0.3) is 0 Å². The van der Waals surface area contributed by atoms with E-state index in [0.29, 0.717) is 0 Å². The highest BCUT2D eigenvalue weighted by Crippen LogP contribution is 2.79. The summed E-state index contributed by atoms with van der Waals surface area (Å²) >= 11 is 0. The molecule has 22 heavy (non-hydrogen) atoms. The van der Waals surface area contributed by atoms with Crippen LogP contribution in [0.2, 0.25) is 0 Å². The topological polar surface area (TPSA) is 127 Å². The molecule has 0 spiro atoms. The fourth-order valence-corrected chi connectivity index (χ4v) is 4.31. The van der Waals surface area contributed by atoms with Crippen LogP contribution in [0.25, 0.3) is 0 Å². The van der Waals surface area contributed by atoms with Gasteiger partial charge in [0, 0.05) is 11.8 Å². The SMILES string of the molecule is COC(=O)C1(C(=O)O)[C@H]2[C@H]3[C@@H](C=C[C@H]21)C3(C(=O)O)C(=O)OC. The standard InChI is InChI=1S/C14H14O8/c1-21-11(19)13(9(15)16)5-3-4-6-8(7(5)13)14(6,10(17)18)12(20)22-2/h3-8H,1-2H3,(H,15,16)(H,17,18)/t5-,6-,7-,8-,13?,14?/m1/s1. The number of aliphatic carboxylic acids is 2. The number of rotatable bonds is 4. The van der Waals surface area contributed by atoms with Crippen molar-refractivity contribution in [2.24, 2.45) is 34.5 Å². The van der Waals surface area contributed by atoms with Crippen molar-refractivity contribution in [2.75, 3.05) is 14.2 Å². The lowest BCUT2D eigenvalue weighted by Gasteiger charge is -2.12. The number of carbonyl (C=O) groups is 4. The summed E-state index contributed by atoms with van der Waals surface area (Å²) in [6.45, 7) is 0. The summed E-state index contributed by atoms with van der Waals surface area (Å²) in [4.78, 5) is 47.2. The van der Waals surface area contributed by atoms with Crippen molar-refractivity contribution in [3.63, 3.8) is 0 Å². The highest BCUT2D eigenvalue weighted by Gasteiger charge is 2.90. The van der Waals surface area contributed by atoms with Crippen LogP contribution in [-0.4, -0.2) is 48.3 Å². The van der Waals surface area contributed by atoms with Gasteiger partial charge >= 0.3 is 23.9 Å². The van der Waals surface area contributed by atoms with Gasteiger partial charge in [0.1, 0.15) is 0 Å². The second-order valence-corrected chi connectivity index (χ2v) is 5.82. The first-order valence-corrected chi connectivity index (χ1v) is 6.64. The Balaban J connectivity index is 2.05. The largest absolute Gasteiger partial charge is 0.480 e. The van der Waals surface area contributed by atoms with Crippen molar-refractivity contribution in [1.29, 1.82) is 0 Å². The van der Waals surface area contributed by atoms with Gasteiger partial charge in [-0.25, -0.2) is 0 Å². The van der Waals surface area contributed by atoms with E-state index in [0.717, 1.165) is 14.2 Å². The molecule has 2 fully saturated rings. The van der Waals surface area contributed by atoms with Crippen molar-refractivity contribution >= 4 is 23.9 Å². The maximum absolute atomic E-state index is 12.0. The number of carboxylic acid groups (broad SMARTS) is 2. The summed E-state index contributed by atoms with van der Waals surface area (Å²) in [7, 11) is 2.16. The molecule has 8 heteroatoms. The number of hydrogen-bond acceptors (Lipinski definition) is 6. The van der Waals surface area contributed by atoms with Gasteiger partial charge in [-0.2, -0.15) is 0 Å². The summed E-state index contributed by atoms with van der Waals surface area (Å²) < 4.78 is 9.19. The molecule has 2 saturated carbocycles. The first-order valence-electron chi connectivity index (χ1n) is 6.64. The molecule has 118 valence electrons. The minimum atomic E-state index is -1.81. The van der Waals surface area contributed by atoms with E-state index in [-0.39, 0.29) is 0 Å². The van der Waals surface area contributed by atoms with Crippen molar-refractivity contribution in [1.82, 2.24) is 0 Å². The molecule has 3 aliphatic carbocycles. The average molecular weight is 310 g/mol. The van der Waals surface area contributed by atoms with Crippen molar-refractivity contribution in [2.45, 2.75) is 0 Å². The van der Waals surface area contributed by atoms with Gasteiger partial charge in [0.15, 0.2) is 10.8 Å². The summed E-state index contributed by atoms with van der Waals surface area (Å²) in [6, 6.07) is 0. The number of ether oxygens (including phenoxy) is 2. The number of carboxylic acids is 2. The van der Waals surface area contributed by atoms with Crippen LogP contribution in [0.15, 0.2) is 12.2 Å². The zero-order valence-electron chi connectivity index (χ0n) is 11.8. The van der Waals surface area contributed by atoms with Crippen LogP contribution >= 0.6 is 0 Å². The third kappa shape index (κ3) is 1.24. The second kappa shape index (κ2) is 4.08. The minimum Gasteiger partial charge on any atom is -0.480 e. The van der Waals surface area contributed by atoms with E-state index in [4.69, 9.17) is 0 Å². The molecule has 3 aliphatic rings. The molecule has 0 heterocycles. The second-order valence-electron chi connectivity index (χ2n) is 5.82. The van der Waals surface area contributed by atoms with E-state index >= 15 is 0 Å². The molecule has 8 nitrogen and oxygen atoms in total. The summed E-state index contributed by atoms with van der Waals surface area (Å²) in [6.07, 6.45) is 3.01. The molecule has 0 bridgehead atoms. The van der Waals surface area contributed by atoms with Crippen LogP contribution in [0.4, 0.5) is 0 Å². The van der Waals surface area contributed by atoms with Gasteiger partial charge in [-0.15, -0.1) is 0 Å². The normalized spacial score (nSPS) is 43.4. The van der Waals surface area contributed by atoms with E-state index in [9.17, 15) is 29.4 Å². The molecule has 0 aromatic rings. The van der Waals surface area contributed by atoms with Crippen molar-refractivity contribution < 1.29 is 38.9 Å². The summed E-state index contributed by atoms with van der Waals surface area (Å²) in [5.74, 6) is -7.45. The molecule has 0 amide bonds. The molecule has 0 aromatic heterocycles. The van der Waals surface area contributed by atoms with Crippen LogP contribution < -0.4 is 0 Å². The van der Waals surface area contributed by atoms with E-state index in [1.54, 1.807) is 0 Å². The van der Waals surface area contributed by atoms with Crippen LogP contribution in [0.5, 0.6) is 0 Å². The quantitative estimate of drug-likeness (QED) is 0.405. The third-order valence-electron chi connectivity index (χ3n) is 5.33. The van der Waals surface area contributed by atoms with Gasteiger partial charge in [0.05, 0.1) is 14.2 Å². The highest BCUT2D eigenvalue weighted by atomic mass is 16.5. The van der Waals surface area contributed by atoms with Crippen molar-refractivity contribution in [3.8, 4) is 0 Å². The number of carbonyl (C=O) groups excluding carboxylic acids is 2. The molecule has 2 N–H and O–H groups in total. The molecule has 0 saturated heterocycles. The van der Waals surface area contributed by atoms with Crippen LogP contribution in [0.1, 0.15) is 0 Å². The first-order chi connectivity index (χ1) is 10.3. The van der Waals surface area contributed by atoms with Crippen LogP contribution in [0.3, 0.4) is 0 Å². The highest BCUT2D eigenvalue weighted by molar-refractivity contribution is 6.08. The number of methoxy groups -OCH3 is 2. The number of hydrogen-bond donors (Lipinski definition) is 2. The van der Waals surface area contributed by atoms with E-state index < -0.39 is 58.4 Å². The number of allylic oxidation sites excluding steroid dienone is 2. The van der Waals surface area contributed by atoms with E-state index in [1.165, 1.54) is 12.2 Å². The average Bonchev–Trinajstić information content (AvgIpc) is 3.34. The molecule has 6 atom stereocenters. The molecule has 0 aromatic carbocycles. The van der Waals surface area contributed by atoms with E-state index in [1.807, 2.05) is 0 Å². The molecule has 0 radical (unpaired) electrons. The lowest BCUT2D eigenvalue weighted by Crippen LogP contribution is -2.34. The lowest BCUT2D eigenvalue weighted by atomic mass is 9.95. The summed E-state index contributed by atoms with van der Waals surface area (Å²) in [5, 5.41) is 19.0. The molecule has 0 aliphatic heterocycles. The Morgan fingerprint density at radius 1 is 0.818 bits per heavy atom. The lowest BCUT2D eigenvalue weighted by molar-refractivity contribution is -0.164. The maximum Gasteiger partial charge on any atom is 0.324 e. The van der Waals surface area contributed by atoms with Gasteiger partial charge < -0.3 is 19.7 Å². The Morgan fingerprint density at radius 2 is 1.14 bits per heavy atom. The van der Waals surface area contributed by atoms with Gasteiger partial charge in [-0.3, -0.25) is 19.2 Å².